The topological polar surface area (TPSA) is 35.6 Å². The minimum atomic E-state index is 0. The minimum Gasteiger partial charge on any atom is -0.369 e. The number of hydrogen-bond donors (Lipinski definition) is 1. The summed E-state index contributed by atoms with van der Waals surface area (Å²) in [6.07, 6.45) is 0. The zero-order valence-electron chi connectivity index (χ0n) is 13.3. The molecule has 24 heavy (non-hydrogen) atoms. The molecule has 0 bridgehead atoms. The molecular formula is C18H21Cl2N3O. The summed E-state index contributed by atoms with van der Waals surface area (Å²) in [6.45, 7) is 4.06. The fourth-order valence-corrected chi connectivity index (χ4v) is 2.96. The first-order valence-corrected chi connectivity index (χ1v) is 8.16. The highest BCUT2D eigenvalue weighted by Gasteiger charge is 2.19. The first-order valence-electron chi connectivity index (χ1n) is 7.78. The highest BCUT2D eigenvalue weighted by Crippen LogP contribution is 2.16. The Kier molecular flexibility index (Phi) is 6.91. The van der Waals surface area contributed by atoms with Gasteiger partial charge in [-0.05, 0) is 30.3 Å². The number of rotatable bonds is 4. The maximum absolute atomic E-state index is 12.1. The number of nitrogens with one attached hydrogen (secondary N) is 1. The van der Waals surface area contributed by atoms with E-state index in [0.717, 1.165) is 31.9 Å². The second kappa shape index (κ2) is 8.92. The molecule has 2 aromatic carbocycles. The molecule has 0 saturated carbocycles. The van der Waals surface area contributed by atoms with Gasteiger partial charge in [-0.1, -0.05) is 35.9 Å². The van der Waals surface area contributed by atoms with Crippen LogP contribution in [0.4, 0.5) is 11.4 Å². The second-order valence-corrected chi connectivity index (χ2v) is 6.09. The molecule has 3 rings (SSSR count). The molecule has 1 aliphatic heterocycles. The van der Waals surface area contributed by atoms with E-state index in [0.29, 0.717) is 11.6 Å². The minimum absolute atomic E-state index is 0. The zero-order valence-corrected chi connectivity index (χ0v) is 14.9. The van der Waals surface area contributed by atoms with E-state index in [9.17, 15) is 4.79 Å². The molecule has 0 radical (unpaired) electrons. The van der Waals surface area contributed by atoms with Gasteiger partial charge in [0.1, 0.15) is 0 Å². The molecule has 1 saturated heterocycles. The summed E-state index contributed by atoms with van der Waals surface area (Å²) in [5.74, 6) is 0.000396. The molecule has 0 aromatic heterocycles. The van der Waals surface area contributed by atoms with E-state index in [1.807, 2.05) is 18.2 Å². The summed E-state index contributed by atoms with van der Waals surface area (Å²) in [4.78, 5) is 16.7. The van der Waals surface area contributed by atoms with Crippen LogP contribution < -0.4 is 10.2 Å². The van der Waals surface area contributed by atoms with Gasteiger partial charge in [-0.15, -0.1) is 12.4 Å². The molecule has 0 spiro atoms. The number of hydrogen-bond acceptors (Lipinski definition) is 3. The van der Waals surface area contributed by atoms with Crippen LogP contribution in [0.2, 0.25) is 5.02 Å². The zero-order chi connectivity index (χ0) is 16.1. The lowest BCUT2D eigenvalue weighted by Gasteiger charge is -2.35. The summed E-state index contributed by atoms with van der Waals surface area (Å²) in [6, 6.07) is 17.6. The highest BCUT2D eigenvalue weighted by molar-refractivity contribution is 6.30. The Morgan fingerprint density at radius 2 is 1.71 bits per heavy atom. The fraction of sp³-hybridized carbons (Fsp3) is 0.278. The van der Waals surface area contributed by atoms with Crippen molar-refractivity contribution in [3.63, 3.8) is 0 Å². The van der Waals surface area contributed by atoms with Gasteiger partial charge in [-0.2, -0.15) is 0 Å². The molecule has 1 N–H and O–H groups in total. The van der Waals surface area contributed by atoms with Crippen LogP contribution in [-0.4, -0.2) is 43.5 Å². The standard InChI is InChI=1S/C18H20ClN3O.ClH/c19-15-5-4-6-16(13-15)20-18(23)14-21-9-11-22(12-10-21)17-7-2-1-3-8-17;/h1-8,13H,9-12,14H2,(H,20,23);1H. The summed E-state index contributed by atoms with van der Waals surface area (Å²) >= 11 is 5.93. The first-order chi connectivity index (χ1) is 11.2. The number of carbonyl (C=O) groups is 1. The Hall–Kier alpha value is -1.75. The number of nitrogens with zero attached hydrogens (tertiary/aromatic N) is 2. The van der Waals surface area contributed by atoms with Crippen molar-refractivity contribution in [2.45, 2.75) is 0 Å². The van der Waals surface area contributed by atoms with Crippen molar-refractivity contribution in [1.29, 1.82) is 0 Å². The lowest BCUT2D eigenvalue weighted by Crippen LogP contribution is -2.48. The number of halogens is 2. The van der Waals surface area contributed by atoms with Crippen molar-refractivity contribution in [3.8, 4) is 0 Å². The lowest BCUT2D eigenvalue weighted by atomic mass is 10.2. The van der Waals surface area contributed by atoms with E-state index in [4.69, 9.17) is 11.6 Å². The van der Waals surface area contributed by atoms with E-state index < -0.39 is 0 Å². The van der Waals surface area contributed by atoms with Crippen molar-refractivity contribution in [1.82, 2.24) is 4.90 Å². The number of carbonyl (C=O) groups excluding carboxylic acids is 1. The second-order valence-electron chi connectivity index (χ2n) is 5.66. The van der Waals surface area contributed by atoms with Gasteiger partial charge in [0.15, 0.2) is 0 Å². The van der Waals surface area contributed by atoms with Gasteiger partial charge in [0.2, 0.25) is 5.91 Å². The molecular weight excluding hydrogens is 345 g/mol. The molecule has 128 valence electrons. The smallest absolute Gasteiger partial charge is 0.238 e. The van der Waals surface area contributed by atoms with Gasteiger partial charge in [0.25, 0.3) is 0 Å². The molecule has 4 nitrogen and oxygen atoms in total. The summed E-state index contributed by atoms with van der Waals surface area (Å²) in [5.41, 5.74) is 1.99. The Morgan fingerprint density at radius 3 is 2.38 bits per heavy atom. The van der Waals surface area contributed by atoms with Gasteiger partial charge in [0.05, 0.1) is 6.54 Å². The number of piperazine rings is 1. The van der Waals surface area contributed by atoms with Crippen molar-refractivity contribution in [3.05, 3.63) is 59.6 Å². The SMILES string of the molecule is Cl.O=C(CN1CCN(c2ccccc2)CC1)Nc1cccc(Cl)c1. The van der Waals surface area contributed by atoms with Crippen LogP contribution in [0.25, 0.3) is 0 Å². The lowest BCUT2D eigenvalue weighted by molar-refractivity contribution is -0.117. The van der Waals surface area contributed by atoms with Crippen LogP contribution >= 0.6 is 24.0 Å². The largest absolute Gasteiger partial charge is 0.369 e. The Labute approximate surface area is 153 Å². The van der Waals surface area contributed by atoms with Crippen LogP contribution in [0.1, 0.15) is 0 Å². The van der Waals surface area contributed by atoms with Gasteiger partial charge in [0, 0.05) is 42.6 Å². The average Bonchev–Trinajstić information content (AvgIpc) is 2.56. The number of amides is 1. The summed E-state index contributed by atoms with van der Waals surface area (Å²) in [5, 5.41) is 3.52. The Balaban J connectivity index is 0.00000208. The van der Waals surface area contributed by atoms with E-state index in [1.165, 1.54) is 5.69 Å². The summed E-state index contributed by atoms with van der Waals surface area (Å²) < 4.78 is 0. The van der Waals surface area contributed by atoms with Crippen LogP contribution in [0, 0.1) is 0 Å². The van der Waals surface area contributed by atoms with Gasteiger partial charge in [-0.3, -0.25) is 9.69 Å². The summed E-state index contributed by atoms with van der Waals surface area (Å²) in [7, 11) is 0. The fourth-order valence-electron chi connectivity index (χ4n) is 2.77. The highest BCUT2D eigenvalue weighted by atomic mass is 35.5. The predicted octanol–water partition coefficient (Wildman–Crippen LogP) is 3.52. The maximum atomic E-state index is 12.1. The van der Waals surface area contributed by atoms with Crippen molar-refractivity contribution < 1.29 is 4.79 Å². The Bertz CT molecular complexity index is 658. The third-order valence-corrected chi connectivity index (χ3v) is 4.20. The maximum Gasteiger partial charge on any atom is 0.238 e. The van der Waals surface area contributed by atoms with E-state index in [-0.39, 0.29) is 18.3 Å². The molecule has 1 heterocycles. The van der Waals surface area contributed by atoms with Crippen LogP contribution in [0.5, 0.6) is 0 Å². The molecule has 1 amide bonds. The number of para-hydroxylation sites is 1. The van der Waals surface area contributed by atoms with Crippen molar-refractivity contribution >= 4 is 41.3 Å². The molecule has 1 fully saturated rings. The quantitative estimate of drug-likeness (QED) is 0.899. The molecule has 1 aliphatic rings. The van der Waals surface area contributed by atoms with E-state index in [2.05, 4.69) is 39.4 Å². The van der Waals surface area contributed by atoms with Crippen LogP contribution in [0.15, 0.2) is 54.6 Å². The van der Waals surface area contributed by atoms with Crippen LogP contribution in [-0.2, 0) is 4.79 Å². The first kappa shape index (κ1) is 18.6. The Morgan fingerprint density at radius 1 is 1.00 bits per heavy atom. The third-order valence-electron chi connectivity index (χ3n) is 3.97. The molecule has 0 aliphatic carbocycles. The third kappa shape index (κ3) is 5.13. The normalized spacial score (nSPS) is 14.8. The monoisotopic (exact) mass is 365 g/mol. The molecule has 2 aromatic rings. The number of anilines is 2. The molecule has 6 heteroatoms. The van der Waals surface area contributed by atoms with E-state index in [1.54, 1.807) is 12.1 Å². The average molecular weight is 366 g/mol. The van der Waals surface area contributed by atoms with Crippen molar-refractivity contribution in [2.75, 3.05) is 42.9 Å². The molecule has 0 unspecified atom stereocenters. The predicted molar refractivity (Wildman–Crippen MR) is 102 cm³/mol. The molecule has 0 atom stereocenters. The van der Waals surface area contributed by atoms with E-state index >= 15 is 0 Å². The van der Waals surface area contributed by atoms with Gasteiger partial charge >= 0.3 is 0 Å². The van der Waals surface area contributed by atoms with Gasteiger partial charge in [-0.25, -0.2) is 0 Å². The van der Waals surface area contributed by atoms with Crippen molar-refractivity contribution in [2.24, 2.45) is 0 Å². The number of benzene rings is 2. The van der Waals surface area contributed by atoms with Gasteiger partial charge < -0.3 is 10.2 Å². The van der Waals surface area contributed by atoms with Crippen LogP contribution in [0.3, 0.4) is 0 Å².